The molecule has 1 atom stereocenters. The van der Waals surface area contributed by atoms with Gasteiger partial charge < -0.3 is 20.5 Å². The Labute approximate surface area is 173 Å². The maximum Gasteiger partial charge on any atom is 0.220 e. The van der Waals surface area contributed by atoms with Crippen LogP contribution in [-0.2, 0) is 0 Å². The van der Waals surface area contributed by atoms with Crippen molar-refractivity contribution < 1.29 is 18.3 Å². The third-order valence-electron chi connectivity index (χ3n) is 5.07. The van der Waals surface area contributed by atoms with Crippen molar-refractivity contribution in [1.29, 1.82) is 0 Å². The Hall–Kier alpha value is -3.23. The lowest BCUT2D eigenvalue weighted by atomic mass is 9.88. The van der Waals surface area contributed by atoms with Crippen LogP contribution in [0.3, 0.4) is 0 Å². The summed E-state index contributed by atoms with van der Waals surface area (Å²) in [4.78, 5) is 12.8. The van der Waals surface area contributed by atoms with Crippen LogP contribution in [0.1, 0.15) is 27.7 Å². The molecule has 3 aromatic rings. The molecule has 0 aliphatic carbocycles. The van der Waals surface area contributed by atoms with Crippen LogP contribution >= 0.6 is 0 Å². The van der Waals surface area contributed by atoms with Gasteiger partial charge in [0, 0.05) is 23.7 Å². The van der Waals surface area contributed by atoms with Gasteiger partial charge in [-0.15, -0.1) is 0 Å². The van der Waals surface area contributed by atoms with Gasteiger partial charge in [-0.2, -0.15) is 0 Å². The highest BCUT2D eigenvalue weighted by Crippen LogP contribution is 2.38. The van der Waals surface area contributed by atoms with Gasteiger partial charge in [0.1, 0.15) is 5.52 Å². The van der Waals surface area contributed by atoms with E-state index in [9.17, 15) is 0 Å². The molecule has 0 spiro atoms. The number of methoxy groups -OCH3 is 2. The Morgan fingerprint density at radius 1 is 1.03 bits per heavy atom. The number of nitrogens with two attached hydrogens (primary N) is 1. The summed E-state index contributed by atoms with van der Waals surface area (Å²) in [6, 6.07) is 2.62. The fourth-order valence-corrected chi connectivity index (χ4v) is 2.81. The molecule has 0 bridgehead atoms. The van der Waals surface area contributed by atoms with Crippen molar-refractivity contribution in [1.82, 2.24) is 15.0 Å². The number of anilines is 2. The number of halogens is 2. The highest BCUT2D eigenvalue weighted by Gasteiger charge is 2.25. The Balaban J connectivity index is 2.30. The number of fused-ring (bicyclic) bond motifs is 1. The average molecular weight is 417 g/mol. The summed E-state index contributed by atoms with van der Waals surface area (Å²) in [5.74, 6) is -1.65. The Kier molecular flexibility index (Phi) is 5.65. The molecule has 3 N–H and O–H groups in total. The average Bonchev–Trinajstić information content (AvgIpc) is 2.68. The van der Waals surface area contributed by atoms with E-state index in [2.05, 4.69) is 41.0 Å². The van der Waals surface area contributed by atoms with Crippen molar-refractivity contribution in [2.75, 3.05) is 25.3 Å². The first-order valence-electron chi connectivity index (χ1n) is 9.37. The normalized spacial score (nSPS) is 12.7. The molecule has 0 radical (unpaired) electrons. The largest absolute Gasteiger partial charge is 0.494 e. The standard InChI is InChI=1S/C21H25F2N5O2/c1-10(21(2,3)4)26-19-18-11(9-25-20(24)28-18)7-12(27-19)15-16(22)13(29-5)8-14(30-6)17(15)23/h7-10H,1-6H3,(H,26,27)(H2,24,25,28). The molecule has 0 aliphatic heterocycles. The van der Waals surface area contributed by atoms with Crippen molar-refractivity contribution in [3.05, 3.63) is 30.0 Å². The Morgan fingerprint density at radius 3 is 2.17 bits per heavy atom. The lowest BCUT2D eigenvalue weighted by molar-refractivity contribution is 0.358. The summed E-state index contributed by atoms with van der Waals surface area (Å²) >= 11 is 0. The number of pyridine rings is 1. The van der Waals surface area contributed by atoms with Crippen molar-refractivity contribution in [3.63, 3.8) is 0 Å². The monoisotopic (exact) mass is 417 g/mol. The summed E-state index contributed by atoms with van der Waals surface area (Å²) in [5.41, 5.74) is 5.78. The fraction of sp³-hybridized carbons (Fsp3) is 0.381. The lowest BCUT2D eigenvalue weighted by Gasteiger charge is -2.29. The molecule has 0 fully saturated rings. The van der Waals surface area contributed by atoms with E-state index in [1.165, 1.54) is 26.5 Å². The minimum atomic E-state index is -0.881. The Morgan fingerprint density at radius 2 is 1.63 bits per heavy atom. The zero-order chi connectivity index (χ0) is 22.2. The van der Waals surface area contributed by atoms with Gasteiger partial charge in [0.2, 0.25) is 5.95 Å². The maximum absolute atomic E-state index is 15.1. The van der Waals surface area contributed by atoms with Gasteiger partial charge in [0.25, 0.3) is 0 Å². The number of rotatable bonds is 5. The van der Waals surface area contributed by atoms with E-state index in [1.54, 1.807) is 0 Å². The first-order valence-corrected chi connectivity index (χ1v) is 9.37. The van der Waals surface area contributed by atoms with E-state index in [0.29, 0.717) is 16.7 Å². The minimum absolute atomic E-state index is 0.0332. The molecule has 2 heterocycles. The van der Waals surface area contributed by atoms with Crippen molar-refractivity contribution in [2.45, 2.75) is 33.7 Å². The molecule has 160 valence electrons. The molecule has 2 aromatic heterocycles. The molecule has 7 nitrogen and oxygen atoms in total. The molecular formula is C21H25F2N5O2. The number of benzene rings is 1. The number of hydrogen-bond acceptors (Lipinski definition) is 7. The minimum Gasteiger partial charge on any atom is -0.494 e. The van der Waals surface area contributed by atoms with Crippen LogP contribution in [0.25, 0.3) is 22.2 Å². The van der Waals surface area contributed by atoms with E-state index < -0.39 is 11.6 Å². The van der Waals surface area contributed by atoms with Crippen LogP contribution in [0.15, 0.2) is 18.3 Å². The number of ether oxygens (including phenoxy) is 2. The van der Waals surface area contributed by atoms with Gasteiger partial charge in [-0.05, 0) is 18.4 Å². The zero-order valence-corrected chi connectivity index (χ0v) is 17.8. The molecular weight excluding hydrogens is 392 g/mol. The smallest absolute Gasteiger partial charge is 0.220 e. The fourth-order valence-electron chi connectivity index (χ4n) is 2.81. The predicted octanol–water partition coefficient (Wildman–Crippen LogP) is 4.42. The topological polar surface area (TPSA) is 95.2 Å². The van der Waals surface area contributed by atoms with Crippen LogP contribution in [0.5, 0.6) is 11.5 Å². The summed E-state index contributed by atoms with van der Waals surface area (Å²) in [6.07, 6.45) is 1.49. The summed E-state index contributed by atoms with van der Waals surface area (Å²) < 4.78 is 40.2. The van der Waals surface area contributed by atoms with Gasteiger partial charge >= 0.3 is 0 Å². The Bertz CT molecular complexity index is 1070. The van der Waals surface area contributed by atoms with E-state index >= 15 is 8.78 Å². The van der Waals surface area contributed by atoms with Crippen molar-refractivity contribution >= 4 is 22.7 Å². The summed E-state index contributed by atoms with van der Waals surface area (Å²) in [6.45, 7) is 8.17. The van der Waals surface area contributed by atoms with Crippen LogP contribution in [0.4, 0.5) is 20.5 Å². The molecule has 1 aromatic carbocycles. The third-order valence-corrected chi connectivity index (χ3v) is 5.07. The second-order valence-electron chi connectivity index (χ2n) is 8.04. The highest BCUT2D eigenvalue weighted by molar-refractivity contribution is 5.92. The van der Waals surface area contributed by atoms with Crippen LogP contribution in [-0.4, -0.2) is 35.2 Å². The molecule has 0 aliphatic rings. The molecule has 9 heteroatoms. The van der Waals surface area contributed by atoms with E-state index in [-0.39, 0.29) is 40.2 Å². The second kappa shape index (κ2) is 7.89. The van der Waals surface area contributed by atoms with Crippen molar-refractivity contribution in [3.8, 4) is 22.8 Å². The van der Waals surface area contributed by atoms with Gasteiger partial charge in [-0.25, -0.2) is 23.7 Å². The van der Waals surface area contributed by atoms with Gasteiger partial charge in [0.05, 0.1) is 25.5 Å². The molecule has 0 amide bonds. The molecule has 0 saturated heterocycles. The molecule has 1 unspecified atom stereocenters. The van der Waals surface area contributed by atoms with Gasteiger partial charge in [-0.3, -0.25) is 0 Å². The predicted molar refractivity (Wildman–Crippen MR) is 113 cm³/mol. The summed E-state index contributed by atoms with van der Waals surface area (Å²) in [7, 11) is 2.59. The second-order valence-corrected chi connectivity index (χ2v) is 8.04. The molecule has 0 saturated carbocycles. The third kappa shape index (κ3) is 3.92. The van der Waals surface area contributed by atoms with Crippen LogP contribution < -0.4 is 20.5 Å². The summed E-state index contributed by atoms with van der Waals surface area (Å²) in [5, 5.41) is 3.82. The number of nitrogen functional groups attached to an aromatic ring is 1. The lowest BCUT2D eigenvalue weighted by Crippen LogP contribution is -2.31. The maximum atomic E-state index is 15.1. The number of aromatic nitrogens is 3. The quantitative estimate of drug-likeness (QED) is 0.635. The number of nitrogens with one attached hydrogen (secondary N) is 1. The van der Waals surface area contributed by atoms with Crippen LogP contribution in [0, 0.1) is 17.0 Å². The van der Waals surface area contributed by atoms with Crippen LogP contribution in [0.2, 0.25) is 0 Å². The van der Waals surface area contributed by atoms with E-state index in [0.717, 1.165) is 6.07 Å². The number of hydrogen-bond donors (Lipinski definition) is 2. The molecule has 30 heavy (non-hydrogen) atoms. The zero-order valence-electron chi connectivity index (χ0n) is 17.8. The van der Waals surface area contributed by atoms with E-state index in [1.807, 2.05) is 6.92 Å². The highest BCUT2D eigenvalue weighted by atomic mass is 19.1. The number of nitrogens with zero attached hydrogens (tertiary/aromatic N) is 3. The first kappa shape index (κ1) is 21.5. The van der Waals surface area contributed by atoms with Crippen molar-refractivity contribution in [2.24, 2.45) is 5.41 Å². The SMILES string of the molecule is COc1cc(OC)c(F)c(-c2cc3cnc(N)nc3c(NC(C)C(C)(C)C)n2)c1F. The van der Waals surface area contributed by atoms with Gasteiger partial charge in [-0.1, -0.05) is 20.8 Å². The van der Waals surface area contributed by atoms with Gasteiger partial charge in [0.15, 0.2) is 29.0 Å². The first-order chi connectivity index (χ1) is 14.1. The molecule has 3 rings (SSSR count). The van der Waals surface area contributed by atoms with E-state index in [4.69, 9.17) is 15.2 Å².